The fraction of sp³-hybridized carbons (Fsp3) is 0.318. The topological polar surface area (TPSA) is 97.5 Å². The number of aliphatic imine (C=N–C) groups is 1. The first-order valence-corrected chi connectivity index (χ1v) is 10.0. The molecular formula is C22H30Cl2N4O4. The molecule has 0 aliphatic heterocycles. The van der Waals surface area contributed by atoms with Crippen LogP contribution in [0.4, 0.5) is 0 Å². The van der Waals surface area contributed by atoms with Gasteiger partial charge in [-0.05, 0) is 62.6 Å². The monoisotopic (exact) mass is 484 g/mol. The van der Waals surface area contributed by atoms with Crippen molar-refractivity contribution in [2.45, 2.75) is 6.41 Å². The van der Waals surface area contributed by atoms with Crippen molar-refractivity contribution in [2.75, 3.05) is 42.4 Å². The van der Waals surface area contributed by atoms with Crippen LogP contribution in [-0.2, 0) is 9.47 Å². The van der Waals surface area contributed by atoms with E-state index in [0.717, 1.165) is 0 Å². The van der Waals surface area contributed by atoms with Crippen molar-refractivity contribution in [3.8, 4) is 0 Å². The molecule has 0 fully saturated rings. The van der Waals surface area contributed by atoms with Crippen LogP contribution in [0.2, 0.25) is 10.0 Å². The number of methoxy groups -OCH3 is 2. The average Bonchev–Trinajstić information content (AvgIpc) is 2.74. The molecular weight excluding hydrogens is 455 g/mol. The summed E-state index contributed by atoms with van der Waals surface area (Å²) in [6.07, 6.45) is 1.26. The molecule has 0 aliphatic rings. The molecule has 2 rings (SSSR count). The number of carbonyl (C=O) groups excluding carboxylic acids is 2. The second-order valence-corrected chi connectivity index (χ2v) is 7.51. The van der Waals surface area contributed by atoms with Crippen molar-refractivity contribution in [3.05, 3.63) is 69.7 Å². The third kappa shape index (κ3) is 13.0. The molecule has 0 aliphatic carbocycles. The summed E-state index contributed by atoms with van der Waals surface area (Å²) in [7, 11) is 10.6. The summed E-state index contributed by atoms with van der Waals surface area (Å²) in [5, 5.41) is 1.21. The summed E-state index contributed by atoms with van der Waals surface area (Å²) in [4.78, 5) is 29.2. The number of primary amides is 1. The van der Waals surface area contributed by atoms with Crippen LogP contribution >= 0.6 is 23.2 Å². The highest BCUT2D eigenvalue weighted by atomic mass is 35.5. The van der Waals surface area contributed by atoms with Gasteiger partial charge in [-0.3, -0.25) is 14.5 Å². The standard InChI is InChI=1S/C10H11ClN2O.C7H6ClNO.C5H13NO2/c1-13(2)7-12-10(14)8-3-5-9(11)6-4-8;8-6-3-1-5(2-4-6)7(9)10;1-6(2)5(7-3)8-4/h3-7H,1-2H3;1-4H,(H2,9,10);5H,1-4H3. The molecule has 0 heterocycles. The van der Waals surface area contributed by atoms with Crippen LogP contribution in [0.25, 0.3) is 0 Å². The summed E-state index contributed by atoms with van der Waals surface area (Å²) in [5.74, 6) is -0.702. The van der Waals surface area contributed by atoms with Crippen molar-refractivity contribution in [3.63, 3.8) is 0 Å². The van der Waals surface area contributed by atoms with Crippen LogP contribution in [0.5, 0.6) is 0 Å². The van der Waals surface area contributed by atoms with E-state index in [-0.39, 0.29) is 12.3 Å². The largest absolute Gasteiger partial charge is 0.369 e. The highest BCUT2D eigenvalue weighted by Gasteiger charge is 2.04. The molecule has 2 N–H and O–H groups in total. The maximum Gasteiger partial charge on any atom is 0.278 e. The molecule has 176 valence electrons. The maximum atomic E-state index is 11.4. The molecule has 0 aromatic heterocycles. The Kier molecular flexibility index (Phi) is 14.9. The van der Waals surface area contributed by atoms with E-state index in [2.05, 4.69) is 4.99 Å². The van der Waals surface area contributed by atoms with Crippen molar-refractivity contribution < 1.29 is 19.1 Å². The number of rotatable bonds is 6. The Hall–Kier alpha value is -2.49. The van der Waals surface area contributed by atoms with Crippen LogP contribution in [0, 0.1) is 0 Å². The fourth-order valence-corrected chi connectivity index (χ4v) is 2.22. The van der Waals surface area contributed by atoms with Crippen LogP contribution in [-0.4, -0.2) is 76.8 Å². The molecule has 32 heavy (non-hydrogen) atoms. The van der Waals surface area contributed by atoms with Crippen molar-refractivity contribution in [2.24, 2.45) is 10.7 Å². The van der Waals surface area contributed by atoms with Crippen LogP contribution in [0.15, 0.2) is 53.5 Å². The predicted octanol–water partition coefficient (Wildman–Crippen LogP) is 3.63. The van der Waals surface area contributed by atoms with Gasteiger partial charge in [0.1, 0.15) is 0 Å². The zero-order chi connectivity index (χ0) is 24.7. The van der Waals surface area contributed by atoms with E-state index >= 15 is 0 Å². The Labute approximate surface area is 199 Å². The SMILES string of the molecule is CN(C)C=NC(=O)c1ccc(Cl)cc1.COC(OC)N(C)C.NC(=O)c1ccc(Cl)cc1. The predicted molar refractivity (Wildman–Crippen MR) is 129 cm³/mol. The number of nitrogens with zero attached hydrogens (tertiary/aromatic N) is 3. The lowest BCUT2D eigenvalue weighted by Gasteiger charge is -2.19. The van der Waals surface area contributed by atoms with E-state index in [9.17, 15) is 9.59 Å². The lowest BCUT2D eigenvalue weighted by atomic mass is 10.2. The van der Waals surface area contributed by atoms with Crippen molar-refractivity contribution in [1.29, 1.82) is 0 Å². The number of nitrogens with two attached hydrogens (primary N) is 1. The van der Waals surface area contributed by atoms with E-state index in [1.54, 1.807) is 81.7 Å². The summed E-state index contributed by atoms with van der Waals surface area (Å²) in [6.45, 7) is 0. The Morgan fingerprint density at radius 3 is 1.56 bits per heavy atom. The minimum Gasteiger partial charge on any atom is -0.369 e. The Morgan fingerprint density at radius 1 is 0.875 bits per heavy atom. The van der Waals surface area contributed by atoms with Gasteiger partial charge in [0.05, 0.1) is 6.34 Å². The minimum absolute atomic E-state index is 0.213. The number of hydrogen-bond donors (Lipinski definition) is 1. The summed E-state index contributed by atoms with van der Waals surface area (Å²) in [6, 6.07) is 13.1. The van der Waals surface area contributed by atoms with Crippen LogP contribution in [0.3, 0.4) is 0 Å². The minimum atomic E-state index is -0.434. The van der Waals surface area contributed by atoms with Crippen LogP contribution in [0.1, 0.15) is 20.7 Å². The molecule has 0 saturated heterocycles. The van der Waals surface area contributed by atoms with Gasteiger partial charge in [-0.2, -0.15) is 4.99 Å². The highest BCUT2D eigenvalue weighted by Crippen LogP contribution is 2.10. The molecule has 2 aromatic rings. The Balaban J connectivity index is 0.000000472. The summed E-state index contributed by atoms with van der Waals surface area (Å²) < 4.78 is 9.73. The molecule has 2 amide bonds. The van der Waals surface area contributed by atoms with Crippen LogP contribution < -0.4 is 5.73 Å². The molecule has 0 saturated carbocycles. The van der Waals surface area contributed by atoms with Gasteiger partial charge in [-0.25, -0.2) is 0 Å². The van der Waals surface area contributed by atoms with E-state index in [1.165, 1.54) is 6.34 Å². The highest BCUT2D eigenvalue weighted by molar-refractivity contribution is 6.31. The summed E-state index contributed by atoms with van der Waals surface area (Å²) in [5.41, 5.74) is 5.99. The number of carbonyl (C=O) groups is 2. The maximum absolute atomic E-state index is 11.4. The Morgan fingerprint density at radius 2 is 1.28 bits per heavy atom. The van der Waals surface area contributed by atoms with Crippen molar-refractivity contribution >= 4 is 41.4 Å². The zero-order valence-corrected chi connectivity index (χ0v) is 20.6. The first-order chi connectivity index (χ1) is 15.0. The van der Waals surface area contributed by atoms with Gasteiger partial charge < -0.3 is 20.1 Å². The molecule has 0 atom stereocenters. The number of ether oxygens (including phenoxy) is 2. The Bertz CT molecular complexity index is 838. The first kappa shape index (κ1) is 29.5. The molecule has 8 nitrogen and oxygen atoms in total. The van der Waals surface area contributed by atoms with Gasteiger partial charge in [0.25, 0.3) is 5.91 Å². The van der Waals surface area contributed by atoms with Gasteiger partial charge in [0.15, 0.2) is 0 Å². The van der Waals surface area contributed by atoms with Crippen molar-refractivity contribution in [1.82, 2.24) is 9.80 Å². The normalized spacial score (nSPS) is 10.3. The second kappa shape index (κ2) is 16.2. The van der Waals surface area contributed by atoms with E-state index in [1.807, 2.05) is 19.0 Å². The third-order valence-corrected chi connectivity index (χ3v) is 3.95. The molecule has 0 radical (unpaired) electrons. The number of hydrogen-bond acceptors (Lipinski definition) is 5. The lowest BCUT2D eigenvalue weighted by molar-refractivity contribution is -0.179. The lowest BCUT2D eigenvalue weighted by Crippen LogP contribution is -2.30. The number of amides is 2. The average molecular weight is 485 g/mol. The molecule has 2 aromatic carbocycles. The smallest absolute Gasteiger partial charge is 0.278 e. The fourth-order valence-electron chi connectivity index (χ4n) is 1.97. The van der Waals surface area contributed by atoms with Gasteiger partial charge >= 0.3 is 0 Å². The zero-order valence-electron chi connectivity index (χ0n) is 19.1. The van der Waals surface area contributed by atoms with Gasteiger partial charge in [-0.15, -0.1) is 0 Å². The van der Waals surface area contributed by atoms with Gasteiger partial charge in [0.2, 0.25) is 12.3 Å². The number of halogens is 2. The second-order valence-electron chi connectivity index (χ2n) is 6.63. The third-order valence-electron chi connectivity index (χ3n) is 3.45. The molecule has 10 heteroatoms. The summed E-state index contributed by atoms with van der Waals surface area (Å²) >= 11 is 11.3. The van der Waals surface area contributed by atoms with E-state index in [4.69, 9.17) is 38.4 Å². The molecule has 0 unspecified atom stereocenters. The first-order valence-electron chi connectivity index (χ1n) is 9.29. The molecule has 0 spiro atoms. The quantitative estimate of drug-likeness (QED) is 0.381. The van der Waals surface area contributed by atoms with Gasteiger partial charge in [0, 0.05) is 49.5 Å². The van der Waals surface area contributed by atoms with Gasteiger partial charge in [-0.1, -0.05) is 23.2 Å². The van der Waals surface area contributed by atoms with E-state index < -0.39 is 5.91 Å². The van der Waals surface area contributed by atoms with E-state index in [0.29, 0.717) is 21.2 Å². The number of benzene rings is 2. The molecule has 0 bridgehead atoms.